The fourth-order valence-electron chi connectivity index (χ4n) is 2.31. The molecule has 0 radical (unpaired) electrons. The van der Waals surface area contributed by atoms with Gasteiger partial charge in [0.2, 0.25) is 0 Å². The summed E-state index contributed by atoms with van der Waals surface area (Å²) >= 11 is 0. The number of hydrogen-bond donors (Lipinski definition) is 1. The molecule has 4 nitrogen and oxygen atoms in total. The van der Waals surface area contributed by atoms with E-state index >= 15 is 0 Å². The van der Waals surface area contributed by atoms with Crippen LogP contribution in [0.15, 0.2) is 30.3 Å². The molecule has 0 spiro atoms. The Morgan fingerprint density at radius 3 is 2.39 bits per heavy atom. The second-order valence-corrected chi connectivity index (χ2v) is 4.98. The Labute approximate surface area is 109 Å². The van der Waals surface area contributed by atoms with Crippen LogP contribution in [-0.2, 0) is 0 Å². The van der Waals surface area contributed by atoms with E-state index in [9.17, 15) is 4.79 Å². The van der Waals surface area contributed by atoms with Gasteiger partial charge >= 0.3 is 6.03 Å². The van der Waals surface area contributed by atoms with E-state index in [2.05, 4.69) is 24.3 Å². The maximum atomic E-state index is 12.0. The molecule has 0 saturated carbocycles. The molecule has 1 fully saturated rings. The minimum atomic E-state index is 0.0124. The van der Waals surface area contributed by atoms with Gasteiger partial charge in [0, 0.05) is 24.8 Å². The Hall–Kier alpha value is -1.55. The van der Waals surface area contributed by atoms with Crippen LogP contribution < -0.4 is 5.32 Å². The van der Waals surface area contributed by atoms with E-state index in [1.54, 1.807) is 0 Å². The molecule has 1 aromatic rings. The van der Waals surface area contributed by atoms with Gasteiger partial charge in [-0.2, -0.15) is 0 Å². The number of benzene rings is 1. The predicted molar refractivity (Wildman–Crippen MR) is 73.7 cm³/mol. The molecule has 1 saturated heterocycles. The fourth-order valence-corrected chi connectivity index (χ4v) is 2.31. The standard InChI is InChI=1S/C14H21N3O/c1-16(2)13-8-10-17(11-9-13)14(18)15-12-6-4-3-5-7-12/h3-7,13H,8-11H2,1-2H3,(H,15,18). The van der Waals surface area contributed by atoms with E-state index in [4.69, 9.17) is 0 Å². The zero-order valence-corrected chi connectivity index (χ0v) is 11.1. The quantitative estimate of drug-likeness (QED) is 0.870. The number of rotatable bonds is 2. The SMILES string of the molecule is CN(C)C1CCN(C(=O)Nc2ccccc2)CC1. The van der Waals surface area contributed by atoms with Crippen molar-refractivity contribution in [2.75, 3.05) is 32.5 Å². The van der Waals surface area contributed by atoms with E-state index in [0.29, 0.717) is 6.04 Å². The molecule has 18 heavy (non-hydrogen) atoms. The normalized spacial score (nSPS) is 16.9. The van der Waals surface area contributed by atoms with Crippen LogP contribution in [0.5, 0.6) is 0 Å². The number of nitrogens with zero attached hydrogens (tertiary/aromatic N) is 2. The molecule has 2 amide bonds. The molecule has 0 aliphatic carbocycles. The number of nitrogens with one attached hydrogen (secondary N) is 1. The van der Waals surface area contributed by atoms with Crippen molar-refractivity contribution >= 4 is 11.7 Å². The lowest BCUT2D eigenvalue weighted by atomic mass is 10.0. The predicted octanol–water partition coefficient (Wildman–Crippen LogP) is 2.24. The second-order valence-electron chi connectivity index (χ2n) is 4.98. The molecule has 1 aromatic carbocycles. The van der Waals surface area contributed by atoms with Crippen LogP contribution in [-0.4, -0.2) is 49.1 Å². The molecular weight excluding hydrogens is 226 g/mol. The summed E-state index contributed by atoms with van der Waals surface area (Å²) in [4.78, 5) is 16.2. The van der Waals surface area contributed by atoms with E-state index in [1.165, 1.54) is 0 Å². The topological polar surface area (TPSA) is 35.6 Å². The summed E-state index contributed by atoms with van der Waals surface area (Å²) in [6.07, 6.45) is 2.10. The zero-order chi connectivity index (χ0) is 13.0. The molecule has 0 bridgehead atoms. The maximum absolute atomic E-state index is 12.0. The van der Waals surface area contributed by atoms with Crippen molar-refractivity contribution in [2.24, 2.45) is 0 Å². The van der Waals surface area contributed by atoms with Gasteiger partial charge in [-0.1, -0.05) is 18.2 Å². The van der Waals surface area contributed by atoms with Crippen LogP contribution in [0.3, 0.4) is 0 Å². The van der Waals surface area contributed by atoms with Crippen LogP contribution in [0.4, 0.5) is 10.5 Å². The Morgan fingerprint density at radius 2 is 1.83 bits per heavy atom. The van der Waals surface area contributed by atoms with E-state index in [-0.39, 0.29) is 6.03 Å². The van der Waals surface area contributed by atoms with Crippen LogP contribution in [0, 0.1) is 0 Å². The largest absolute Gasteiger partial charge is 0.324 e. The van der Waals surface area contributed by atoms with Crippen molar-refractivity contribution < 1.29 is 4.79 Å². The summed E-state index contributed by atoms with van der Waals surface area (Å²) in [7, 11) is 4.20. The molecule has 0 aromatic heterocycles. The number of carbonyl (C=O) groups excluding carboxylic acids is 1. The zero-order valence-electron chi connectivity index (χ0n) is 11.1. The first-order valence-corrected chi connectivity index (χ1v) is 6.44. The summed E-state index contributed by atoms with van der Waals surface area (Å²) in [6.45, 7) is 1.67. The van der Waals surface area contributed by atoms with Crippen LogP contribution in [0.2, 0.25) is 0 Å². The highest BCUT2D eigenvalue weighted by Crippen LogP contribution is 2.15. The number of likely N-dealkylation sites (tertiary alicyclic amines) is 1. The molecule has 2 rings (SSSR count). The van der Waals surface area contributed by atoms with E-state index in [1.807, 2.05) is 35.2 Å². The first kappa shape index (κ1) is 12.9. The average molecular weight is 247 g/mol. The van der Waals surface area contributed by atoms with Crippen molar-refractivity contribution in [2.45, 2.75) is 18.9 Å². The lowest BCUT2D eigenvalue weighted by Crippen LogP contribution is -2.45. The summed E-state index contributed by atoms with van der Waals surface area (Å²) in [5.74, 6) is 0. The molecule has 1 N–H and O–H groups in total. The number of hydrogen-bond acceptors (Lipinski definition) is 2. The number of piperidine rings is 1. The van der Waals surface area contributed by atoms with Crippen LogP contribution in [0.1, 0.15) is 12.8 Å². The van der Waals surface area contributed by atoms with Crippen molar-refractivity contribution in [3.63, 3.8) is 0 Å². The molecule has 98 valence electrons. The third-order valence-corrected chi connectivity index (χ3v) is 3.51. The minimum absolute atomic E-state index is 0.0124. The molecule has 4 heteroatoms. The third kappa shape index (κ3) is 3.23. The number of amides is 2. The van der Waals surface area contributed by atoms with E-state index in [0.717, 1.165) is 31.6 Å². The summed E-state index contributed by atoms with van der Waals surface area (Å²) < 4.78 is 0. The fraction of sp³-hybridized carbons (Fsp3) is 0.500. The van der Waals surface area contributed by atoms with Gasteiger partial charge < -0.3 is 15.1 Å². The highest BCUT2D eigenvalue weighted by molar-refractivity contribution is 5.89. The Balaban J connectivity index is 1.85. The summed E-state index contributed by atoms with van der Waals surface area (Å²) in [5.41, 5.74) is 0.859. The molecule has 1 aliphatic rings. The highest BCUT2D eigenvalue weighted by Gasteiger charge is 2.23. The molecule has 1 aliphatic heterocycles. The first-order chi connectivity index (χ1) is 8.66. The molecule has 1 heterocycles. The smallest absolute Gasteiger partial charge is 0.321 e. The Morgan fingerprint density at radius 1 is 1.22 bits per heavy atom. The van der Waals surface area contributed by atoms with Crippen LogP contribution >= 0.6 is 0 Å². The van der Waals surface area contributed by atoms with Crippen LogP contribution in [0.25, 0.3) is 0 Å². The van der Waals surface area contributed by atoms with Gasteiger partial charge in [0.25, 0.3) is 0 Å². The van der Waals surface area contributed by atoms with Crippen molar-refractivity contribution in [1.82, 2.24) is 9.80 Å². The monoisotopic (exact) mass is 247 g/mol. The number of anilines is 1. The Kier molecular flexibility index (Phi) is 4.20. The van der Waals surface area contributed by atoms with Gasteiger partial charge in [-0.15, -0.1) is 0 Å². The summed E-state index contributed by atoms with van der Waals surface area (Å²) in [6, 6.07) is 10.2. The first-order valence-electron chi connectivity index (χ1n) is 6.44. The van der Waals surface area contributed by atoms with Gasteiger partial charge in [-0.3, -0.25) is 0 Å². The highest BCUT2D eigenvalue weighted by atomic mass is 16.2. The molecule has 0 unspecified atom stereocenters. The molecular formula is C14H21N3O. The van der Waals surface area contributed by atoms with E-state index < -0.39 is 0 Å². The van der Waals surface area contributed by atoms with Gasteiger partial charge in [0.05, 0.1) is 0 Å². The second kappa shape index (κ2) is 5.87. The summed E-state index contributed by atoms with van der Waals surface area (Å²) in [5, 5.41) is 2.93. The van der Waals surface area contributed by atoms with Gasteiger partial charge in [0.15, 0.2) is 0 Å². The average Bonchev–Trinajstić information content (AvgIpc) is 2.40. The van der Waals surface area contributed by atoms with Crippen molar-refractivity contribution in [3.8, 4) is 0 Å². The molecule has 0 atom stereocenters. The third-order valence-electron chi connectivity index (χ3n) is 3.51. The number of carbonyl (C=O) groups is 1. The van der Waals surface area contributed by atoms with Gasteiger partial charge in [0.1, 0.15) is 0 Å². The maximum Gasteiger partial charge on any atom is 0.321 e. The number of para-hydroxylation sites is 1. The van der Waals surface area contributed by atoms with Crippen molar-refractivity contribution in [3.05, 3.63) is 30.3 Å². The lowest BCUT2D eigenvalue weighted by Gasteiger charge is -2.35. The van der Waals surface area contributed by atoms with Gasteiger partial charge in [-0.25, -0.2) is 4.79 Å². The van der Waals surface area contributed by atoms with Crippen molar-refractivity contribution in [1.29, 1.82) is 0 Å². The lowest BCUT2D eigenvalue weighted by molar-refractivity contribution is 0.156. The Bertz CT molecular complexity index is 383. The minimum Gasteiger partial charge on any atom is -0.324 e. The van der Waals surface area contributed by atoms with Gasteiger partial charge in [-0.05, 0) is 39.1 Å². The number of urea groups is 1.